The highest BCUT2D eigenvalue weighted by Crippen LogP contribution is 2.35. The number of hydrogen-bond acceptors (Lipinski definition) is 3. The number of halogens is 2. The summed E-state index contributed by atoms with van der Waals surface area (Å²) in [6.07, 6.45) is 0. The minimum Gasteiger partial charge on any atom is -0.272 e. The van der Waals surface area contributed by atoms with Gasteiger partial charge in [0.05, 0.1) is 32.3 Å². The maximum absolute atomic E-state index is 6.36. The van der Waals surface area contributed by atoms with Crippen LogP contribution in [-0.2, 0) is 0 Å². The Morgan fingerprint density at radius 1 is 0.957 bits per heavy atom. The molecule has 0 saturated heterocycles. The normalized spacial score (nSPS) is 11.5. The Labute approximate surface area is 142 Å². The van der Waals surface area contributed by atoms with Gasteiger partial charge in [0, 0.05) is 0 Å². The Morgan fingerprint density at radius 3 is 2.43 bits per heavy atom. The minimum atomic E-state index is 0.544. The van der Waals surface area contributed by atoms with Gasteiger partial charge in [-0.1, -0.05) is 35.3 Å². The van der Waals surface area contributed by atoms with Gasteiger partial charge in [-0.25, -0.2) is 4.98 Å². The van der Waals surface area contributed by atoms with E-state index < -0.39 is 0 Å². The van der Waals surface area contributed by atoms with E-state index in [0.717, 1.165) is 22.3 Å². The van der Waals surface area contributed by atoms with Crippen LogP contribution in [0.25, 0.3) is 28.1 Å². The Morgan fingerprint density at radius 2 is 1.70 bits per heavy atom. The number of hydrogen-bond donors (Lipinski definition) is 0. The second kappa shape index (κ2) is 5.18. The van der Waals surface area contributed by atoms with E-state index in [2.05, 4.69) is 21.2 Å². The van der Waals surface area contributed by atoms with Crippen molar-refractivity contribution in [1.82, 2.24) is 19.6 Å². The maximum atomic E-state index is 6.36. The lowest BCUT2D eigenvalue weighted by molar-refractivity contribution is 1.11. The summed E-state index contributed by atoms with van der Waals surface area (Å²) in [6.45, 7) is 3.96. The molecule has 114 valence electrons. The van der Waals surface area contributed by atoms with Gasteiger partial charge < -0.3 is 0 Å². The van der Waals surface area contributed by atoms with E-state index in [1.165, 1.54) is 0 Å². The van der Waals surface area contributed by atoms with Crippen LogP contribution in [0.2, 0.25) is 10.0 Å². The summed E-state index contributed by atoms with van der Waals surface area (Å²) in [4.78, 5) is 4.61. The highest BCUT2D eigenvalue weighted by Gasteiger charge is 2.18. The third kappa shape index (κ3) is 2.18. The van der Waals surface area contributed by atoms with Gasteiger partial charge in [0.2, 0.25) is 0 Å². The smallest absolute Gasteiger partial charge is 0.183 e. The highest BCUT2D eigenvalue weighted by atomic mass is 35.5. The number of aryl methyl sites for hydroxylation is 2. The highest BCUT2D eigenvalue weighted by molar-refractivity contribution is 6.39. The average molecular weight is 343 g/mol. The molecule has 0 amide bonds. The molecule has 0 spiro atoms. The summed E-state index contributed by atoms with van der Waals surface area (Å²) in [5, 5.41) is 9.71. The number of aromatic nitrogens is 4. The number of fused-ring (bicyclic) bond motifs is 3. The molecular weight excluding hydrogens is 331 g/mol. The molecule has 0 unspecified atom stereocenters. The molecule has 0 radical (unpaired) electrons. The van der Waals surface area contributed by atoms with Crippen molar-refractivity contribution in [2.75, 3.05) is 0 Å². The van der Waals surface area contributed by atoms with E-state index in [4.69, 9.17) is 23.2 Å². The van der Waals surface area contributed by atoms with Gasteiger partial charge in [-0.15, -0.1) is 10.2 Å². The fourth-order valence-corrected chi connectivity index (χ4v) is 3.32. The van der Waals surface area contributed by atoms with Gasteiger partial charge in [0.15, 0.2) is 11.5 Å². The lowest BCUT2D eigenvalue weighted by Crippen LogP contribution is -1.98. The van der Waals surface area contributed by atoms with E-state index in [9.17, 15) is 0 Å². The van der Waals surface area contributed by atoms with Gasteiger partial charge in [-0.3, -0.25) is 4.40 Å². The van der Waals surface area contributed by atoms with Crippen LogP contribution in [0.5, 0.6) is 0 Å². The van der Waals surface area contributed by atoms with Crippen molar-refractivity contribution in [3.63, 3.8) is 0 Å². The zero-order chi connectivity index (χ0) is 16.1. The van der Waals surface area contributed by atoms with Crippen LogP contribution in [0.15, 0.2) is 36.4 Å². The zero-order valence-corrected chi connectivity index (χ0v) is 14.0. The van der Waals surface area contributed by atoms with E-state index in [0.29, 0.717) is 27.1 Å². The third-order valence-corrected chi connectivity index (χ3v) is 4.46. The quantitative estimate of drug-likeness (QED) is 0.495. The predicted octanol–water partition coefficient (Wildman–Crippen LogP) is 4.87. The van der Waals surface area contributed by atoms with E-state index in [1.54, 1.807) is 12.1 Å². The van der Waals surface area contributed by atoms with Crippen molar-refractivity contribution in [2.45, 2.75) is 13.8 Å². The van der Waals surface area contributed by atoms with E-state index in [-0.39, 0.29) is 0 Å². The molecule has 4 nitrogen and oxygen atoms in total. The van der Waals surface area contributed by atoms with E-state index in [1.807, 2.05) is 36.4 Å². The minimum absolute atomic E-state index is 0.544. The Hall–Kier alpha value is -2.17. The molecule has 2 heterocycles. The summed E-state index contributed by atoms with van der Waals surface area (Å²) in [5.74, 6) is 0.622. The van der Waals surface area contributed by atoms with Crippen LogP contribution in [0.1, 0.15) is 11.3 Å². The van der Waals surface area contributed by atoms with Gasteiger partial charge in [-0.05, 0) is 43.7 Å². The molecular formula is C17H12Cl2N4. The molecule has 0 N–H and O–H groups in total. The molecule has 2 aromatic heterocycles. The fraction of sp³-hybridized carbons (Fsp3) is 0.118. The summed E-state index contributed by atoms with van der Waals surface area (Å²) < 4.78 is 1.97. The molecule has 2 aromatic carbocycles. The first-order valence-corrected chi connectivity index (χ1v) is 7.88. The van der Waals surface area contributed by atoms with Gasteiger partial charge in [-0.2, -0.15) is 0 Å². The summed E-state index contributed by atoms with van der Waals surface area (Å²) in [7, 11) is 0. The Balaban J connectivity index is 2.21. The largest absolute Gasteiger partial charge is 0.272 e. The molecule has 0 aliphatic heterocycles. The van der Waals surface area contributed by atoms with Crippen molar-refractivity contribution in [2.24, 2.45) is 0 Å². The number of benzene rings is 2. The molecule has 0 bridgehead atoms. The second-order valence-electron chi connectivity index (χ2n) is 5.47. The molecule has 6 heteroatoms. The third-order valence-electron chi connectivity index (χ3n) is 3.83. The molecule has 23 heavy (non-hydrogen) atoms. The van der Waals surface area contributed by atoms with Crippen LogP contribution in [-0.4, -0.2) is 19.6 Å². The lowest BCUT2D eigenvalue weighted by atomic mass is 10.2. The first-order chi connectivity index (χ1) is 11.1. The van der Waals surface area contributed by atoms with Crippen molar-refractivity contribution in [3.8, 4) is 11.4 Å². The first kappa shape index (κ1) is 14.4. The Kier molecular flexibility index (Phi) is 3.25. The van der Waals surface area contributed by atoms with Crippen LogP contribution < -0.4 is 0 Å². The molecule has 4 aromatic rings. The van der Waals surface area contributed by atoms with Crippen molar-refractivity contribution >= 4 is 39.9 Å². The molecule has 0 atom stereocenters. The predicted molar refractivity (Wildman–Crippen MR) is 93.2 cm³/mol. The van der Waals surface area contributed by atoms with Crippen molar-refractivity contribution < 1.29 is 0 Å². The molecule has 0 saturated carbocycles. The SMILES string of the molecule is Cc1ccc2nc(C)c3nnc(-c4c(Cl)cccc4Cl)n3c2c1. The molecule has 4 rings (SSSR count). The van der Waals surface area contributed by atoms with Crippen LogP contribution in [0.3, 0.4) is 0 Å². The van der Waals surface area contributed by atoms with Crippen LogP contribution in [0.4, 0.5) is 0 Å². The second-order valence-corrected chi connectivity index (χ2v) is 6.28. The summed E-state index contributed by atoms with van der Waals surface area (Å²) in [5.41, 5.74) is 5.13. The topological polar surface area (TPSA) is 43.1 Å². The van der Waals surface area contributed by atoms with Crippen molar-refractivity contribution in [3.05, 3.63) is 57.7 Å². The fourth-order valence-electron chi connectivity index (χ4n) is 2.76. The molecule has 0 fully saturated rings. The average Bonchev–Trinajstić information content (AvgIpc) is 2.94. The maximum Gasteiger partial charge on any atom is 0.183 e. The van der Waals surface area contributed by atoms with E-state index >= 15 is 0 Å². The van der Waals surface area contributed by atoms with Gasteiger partial charge in [0.25, 0.3) is 0 Å². The standard InChI is InChI=1S/C17H12Cl2N4/c1-9-6-7-13-14(8-9)23-16(10(2)20-13)21-22-17(23)15-11(18)4-3-5-12(15)19/h3-8H,1-2H3. The molecule has 0 aliphatic rings. The van der Waals surface area contributed by atoms with Gasteiger partial charge in [0.1, 0.15) is 0 Å². The summed E-state index contributed by atoms with van der Waals surface area (Å²) >= 11 is 12.7. The lowest BCUT2D eigenvalue weighted by Gasteiger charge is -2.09. The molecule has 0 aliphatic carbocycles. The van der Waals surface area contributed by atoms with Crippen LogP contribution in [0, 0.1) is 13.8 Å². The monoisotopic (exact) mass is 342 g/mol. The summed E-state index contributed by atoms with van der Waals surface area (Å²) in [6, 6.07) is 11.5. The number of rotatable bonds is 1. The van der Waals surface area contributed by atoms with Gasteiger partial charge >= 0.3 is 0 Å². The van der Waals surface area contributed by atoms with Crippen molar-refractivity contribution in [1.29, 1.82) is 0 Å². The van der Waals surface area contributed by atoms with Crippen LogP contribution >= 0.6 is 23.2 Å². The first-order valence-electron chi connectivity index (χ1n) is 7.13. The zero-order valence-electron chi connectivity index (χ0n) is 12.5. The Bertz CT molecular complexity index is 1050. The number of nitrogens with zero attached hydrogens (tertiary/aromatic N) is 4.